The Morgan fingerprint density at radius 2 is 1.81 bits per heavy atom. The second-order valence-corrected chi connectivity index (χ2v) is 6.21. The molecule has 1 saturated heterocycles. The quantitative estimate of drug-likeness (QED) is 0.773. The van der Waals surface area contributed by atoms with Gasteiger partial charge >= 0.3 is 0 Å². The monoisotopic (exact) mass is 244 g/mol. The van der Waals surface area contributed by atoms with Crippen molar-refractivity contribution in [2.24, 2.45) is 0 Å². The van der Waals surface area contributed by atoms with Gasteiger partial charge in [-0.05, 0) is 52.1 Å². The molecule has 0 radical (unpaired) electrons. The lowest BCUT2D eigenvalue weighted by Gasteiger charge is -2.39. The molecule has 0 spiro atoms. The first-order valence-electron chi connectivity index (χ1n) is 6.64. The summed E-state index contributed by atoms with van der Waals surface area (Å²) in [5.41, 5.74) is 0. The molecule has 1 rings (SSSR count). The lowest BCUT2D eigenvalue weighted by Crippen LogP contribution is -2.47. The molecule has 1 N–H and O–H groups in total. The third kappa shape index (κ3) is 3.64. The van der Waals surface area contributed by atoms with E-state index in [9.17, 15) is 0 Å². The van der Waals surface area contributed by atoms with Crippen molar-refractivity contribution in [3.63, 3.8) is 0 Å². The molecule has 0 saturated carbocycles. The average molecular weight is 244 g/mol. The highest BCUT2D eigenvalue weighted by molar-refractivity contribution is 8.00. The molecular weight excluding hydrogens is 216 g/mol. The van der Waals surface area contributed by atoms with E-state index in [1.807, 2.05) is 0 Å². The largest absolute Gasteiger partial charge is 0.317 e. The summed E-state index contributed by atoms with van der Waals surface area (Å²) in [5.74, 6) is 0. The van der Waals surface area contributed by atoms with Gasteiger partial charge in [-0.3, -0.25) is 0 Å². The Kier molecular flexibility index (Phi) is 6.16. The van der Waals surface area contributed by atoms with Crippen LogP contribution in [0, 0.1) is 0 Å². The fourth-order valence-electron chi connectivity index (χ4n) is 2.61. The molecule has 0 aliphatic carbocycles. The first-order valence-corrected chi connectivity index (χ1v) is 7.87. The van der Waals surface area contributed by atoms with E-state index in [2.05, 4.69) is 49.1 Å². The van der Waals surface area contributed by atoms with E-state index in [0.717, 1.165) is 6.04 Å². The van der Waals surface area contributed by atoms with E-state index in [-0.39, 0.29) is 0 Å². The highest BCUT2D eigenvalue weighted by Crippen LogP contribution is 2.32. The van der Waals surface area contributed by atoms with Crippen LogP contribution in [0.1, 0.15) is 39.5 Å². The molecule has 0 aromatic heterocycles. The molecule has 0 aromatic rings. The molecule has 0 aromatic carbocycles. The Bertz CT molecular complexity index is 176. The SMILES string of the molecule is CCC(CC)(CN1CCC(NC)CC1)SC. The molecule has 0 amide bonds. The van der Waals surface area contributed by atoms with Gasteiger partial charge in [0.15, 0.2) is 0 Å². The molecule has 0 atom stereocenters. The number of likely N-dealkylation sites (tertiary alicyclic amines) is 1. The molecule has 16 heavy (non-hydrogen) atoms. The van der Waals surface area contributed by atoms with Crippen molar-refractivity contribution in [1.29, 1.82) is 0 Å². The van der Waals surface area contributed by atoms with E-state index < -0.39 is 0 Å². The predicted octanol–water partition coefficient (Wildman–Crippen LogP) is 2.59. The predicted molar refractivity (Wildman–Crippen MR) is 75.3 cm³/mol. The second-order valence-electron chi connectivity index (χ2n) is 4.93. The molecular formula is C13H28N2S. The van der Waals surface area contributed by atoms with Crippen LogP contribution in [0.2, 0.25) is 0 Å². The van der Waals surface area contributed by atoms with Crippen molar-refractivity contribution in [2.75, 3.05) is 32.9 Å². The Hall–Kier alpha value is 0.270. The second kappa shape index (κ2) is 6.87. The van der Waals surface area contributed by atoms with Gasteiger partial charge in [-0.25, -0.2) is 0 Å². The van der Waals surface area contributed by atoms with Crippen LogP contribution in [0.15, 0.2) is 0 Å². The summed E-state index contributed by atoms with van der Waals surface area (Å²) in [6, 6.07) is 0.753. The van der Waals surface area contributed by atoms with Gasteiger partial charge in [0.25, 0.3) is 0 Å². The van der Waals surface area contributed by atoms with E-state index in [1.165, 1.54) is 45.3 Å². The van der Waals surface area contributed by atoms with Gasteiger partial charge in [0, 0.05) is 17.3 Å². The summed E-state index contributed by atoms with van der Waals surface area (Å²) in [6.45, 7) is 8.49. The highest BCUT2D eigenvalue weighted by Gasteiger charge is 2.29. The summed E-state index contributed by atoms with van der Waals surface area (Å²) in [7, 11) is 2.09. The van der Waals surface area contributed by atoms with Crippen LogP contribution in [-0.4, -0.2) is 48.6 Å². The van der Waals surface area contributed by atoms with Gasteiger partial charge in [0.05, 0.1) is 0 Å². The van der Waals surface area contributed by atoms with Crippen molar-refractivity contribution in [3.05, 3.63) is 0 Å². The molecule has 1 heterocycles. The van der Waals surface area contributed by atoms with Crippen molar-refractivity contribution in [1.82, 2.24) is 10.2 Å². The summed E-state index contributed by atoms with van der Waals surface area (Å²) < 4.78 is 0.493. The molecule has 1 fully saturated rings. The van der Waals surface area contributed by atoms with Gasteiger partial charge in [0.2, 0.25) is 0 Å². The average Bonchev–Trinajstić information content (AvgIpc) is 2.37. The van der Waals surface area contributed by atoms with Crippen LogP contribution in [0.25, 0.3) is 0 Å². The Balaban J connectivity index is 2.42. The number of hydrogen-bond acceptors (Lipinski definition) is 3. The van der Waals surface area contributed by atoms with E-state index in [1.54, 1.807) is 0 Å². The normalized spacial score (nSPS) is 20.2. The van der Waals surface area contributed by atoms with Crippen LogP contribution >= 0.6 is 11.8 Å². The zero-order valence-electron chi connectivity index (χ0n) is 11.4. The summed E-state index contributed by atoms with van der Waals surface area (Å²) in [4.78, 5) is 2.66. The van der Waals surface area contributed by atoms with Crippen LogP contribution in [-0.2, 0) is 0 Å². The minimum Gasteiger partial charge on any atom is -0.317 e. The van der Waals surface area contributed by atoms with Crippen molar-refractivity contribution in [2.45, 2.75) is 50.3 Å². The van der Waals surface area contributed by atoms with Crippen molar-refractivity contribution >= 4 is 11.8 Å². The van der Waals surface area contributed by atoms with Gasteiger partial charge in [-0.1, -0.05) is 13.8 Å². The first-order chi connectivity index (χ1) is 7.69. The fraction of sp³-hybridized carbons (Fsp3) is 1.00. The molecule has 0 unspecified atom stereocenters. The van der Waals surface area contributed by atoms with E-state index >= 15 is 0 Å². The maximum Gasteiger partial charge on any atom is 0.0279 e. The van der Waals surface area contributed by atoms with E-state index in [4.69, 9.17) is 0 Å². The van der Waals surface area contributed by atoms with Gasteiger partial charge in [-0.2, -0.15) is 11.8 Å². The zero-order valence-corrected chi connectivity index (χ0v) is 12.2. The standard InChI is InChI=1S/C13H28N2S/c1-5-13(6-2,16-4)11-15-9-7-12(14-3)8-10-15/h12,14H,5-11H2,1-4H3. The third-order valence-electron chi connectivity index (χ3n) is 4.23. The van der Waals surface area contributed by atoms with Crippen LogP contribution in [0.5, 0.6) is 0 Å². The van der Waals surface area contributed by atoms with Crippen LogP contribution in [0.3, 0.4) is 0 Å². The maximum atomic E-state index is 3.40. The van der Waals surface area contributed by atoms with Crippen molar-refractivity contribution in [3.8, 4) is 0 Å². The number of nitrogens with one attached hydrogen (secondary N) is 1. The Labute approximate surface area is 106 Å². The van der Waals surface area contributed by atoms with Gasteiger partial charge in [0.1, 0.15) is 0 Å². The van der Waals surface area contributed by atoms with Crippen LogP contribution < -0.4 is 5.32 Å². The number of thioether (sulfide) groups is 1. The van der Waals surface area contributed by atoms with Gasteiger partial charge in [-0.15, -0.1) is 0 Å². The minimum absolute atomic E-state index is 0.493. The summed E-state index contributed by atoms with van der Waals surface area (Å²) in [6.07, 6.45) is 7.48. The number of rotatable bonds is 6. The first kappa shape index (κ1) is 14.3. The van der Waals surface area contributed by atoms with E-state index in [0.29, 0.717) is 4.75 Å². The smallest absolute Gasteiger partial charge is 0.0279 e. The number of nitrogens with zero attached hydrogens (tertiary/aromatic N) is 1. The topological polar surface area (TPSA) is 15.3 Å². The lowest BCUT2D eigenvalue weighted by molar-refractivity contribution is 0.181. The van der Waals surface area contributed by atoms with Crippen LogP contribution in [0.4, 0.5) is 0 Å². The third-order valence-corrected chi connectivity index (χ3v) is 5.80. The lowest BCUT2D eigenvalue weighted by atomic mass is 9.98. The molecule has 3 heteroatoms. The fourth-order valence-corrected chi connectivity index (χ4v) is 3.50. The zero-order chi connectivity index (χ0) is 12.0. The molecule has 96 valence electrons. The molecule has 1 aliphatic rings. The number of hydrogen-bond donors (Lipinski definition) is 1. The van der Waals surface area contributed by atoms with Gasteiger partial charge < -0.3 is 10.2 Å². The summed E-state index contributed by atoms with van der Waals surface area (Å²) >= 11 is 2.06. The highest BCUT2D eigenvalue weighted by atomic mass is 32.2. The summed E-state index contributed by atoms with van der Waals surface area (Å²) in [5, 5.41) is 3.40. The maximum absolute atomic E-state index is 3.40. The molecule has 0 bridgehead atoms. The Morgan fingerprint density at radius 1 is 1.25 bits per heavy atom. The number of piperidine rings is 1. The molecule has 2 nitrogen and oxygen atoms in total. The minimum atomic E-state index is 0.493. The van der Waals surface area contributed by atoms with Crippen molar-refractivity contribution < 1.29 is 0 Å². The Morgan fingerprint density at radius 3 is 2.19 bits per heavy atom. The molecule has 1 aliphatic heterocycles.